The standard InChI is InChI=1S/C29H43FN6O4S/c1-5-36(20(2)3)29(37)25-14-23(30)8-11-26(25)40-27-17-32-19-33-28(27)35-13-12-22(18-35)16-31-15-21-6-9-24(10-7-21)34-41(4,38)39/h8,11,14,17,19-22,24,31,34H,5-7,9-10,12-13,15-16,18H2,1-4H3/t21-,22-,24+/m0/s1. The Morgan fingerprint density at radius 1 is 1.15 bits per heavy atom. The fraction of sp³-hybridized carbons (Fsp3) is 0.621. The Kier molecular flexibility index (Phi) is 10.5. The number of benzene rings is 1. The van der Waals surface area contributed by atoms with Crippen molar-refractivity contribution < 1.29 is 22.3 Å². The quantitative estimate of drug-likeness (QED) is 0.384. The molecule has 1 aliphatic heterocycles. The van der Waals surface area contributed by atoms with Gasteiger partial charge >= 0.3 is 0 Å². The van der Waals surface area contributed by atoms with Crippen LogP contribution in [0.25, 0.3) is 0 Å². The van der Waals surface area contributed by atoms with Gasteiger partial charge in [0.1, 0.15) is 17.9 Å². The van der Waals surface area contributed by atoms with E-state index < -0.39 is 15.8 Å². The van der Waals surface area contributed by atoms with E-state index in [1.54, 1.807) is 11.1 Å². The summed E-state index contributed by atoms with van der Waals surface area (Å²) in [7, 11) is -3.15. The Balaban J connectivity index is 1.34. The normalized spacial score (nSPS) is 21.3. The first-order chi connectivity index (χ1) is 19.5. The van der Waals surface area contributed by atoms with Gasteiger partial charge in [0.15, 0.2) is 11.6 Å². The molecule has 10 nitrogen and oxygen atoms in total. The Labute approximate surface area is 243 Å². The van der Waals surface area contributed by atoms with Crippen LogP contribution in [0.2, 0.25) is 0 Å². The molecule has 1 saturated carbocycles. The number of aromatic nitrogens is 2. The fourth-order valence-electron chi connectivity index (χ4n) is 5.87. The molecule has 1 aromatic heterocycles. The summed E-state index contributed by atoms with van der Waals surface area (Å²) in [6.45, 7) is 9.67. The molecular weight excluding hydrogens is 547 g/mol. The van der Waals surface area contributed by atoms with Gasteiger partial charge in [-0.25, -0.2) is 27.5 Å². The summed E-state index contributed by atoms with van der Waals surface area (Å²) in [6, 6.07) is 4.00. The number of carbonyl (C=O) groups is 1. The smallest absolute Gasteiger partial charge is 0.257 e. The number of nitrogens with one attached hydrogen (secondary N) is 2. The first kappa shape index (κ1) is 31.1. The van der Waals surface area contributed by atoms with Crippen molar-refractivity contribution in [2.45, 2.75) is 65.0 Å². The van der Waals surface area contributed by atoms with Gasteiger partial charge in [0.2, 0.25) is 10.0 Å². The zero-order valence-electron chi connectivity index (χ0n) is 24.5. The number of carbonyl (C=O) groups excluding carboxylic acids is 1. The molecule has 0 spiro atoms. The van der Waals surface area contributed by atoms with Gasteiger partial charge in [-0.2, -0.15) is 0 Å². The summed E-state index contributed by atoms with van der Waals surface area (Å²) in [6.07, 6.45) is 9.07. The zero-order valence-corrected chi connectivity index (χ0v) is 25.3. The van der Waals surface area contributed by atoms with E-state index in [0.29, 0.717) is 29.9 Å². The van der Waals surface area contributed by atoms with E-state index in [1.807, 2.05) is 20.8 Å². The molecule has 0 radical (unpaired) electrons. The van der Waals surface area contributed by atoms with Gasteiger partial charge in [-0.05, 0) is 96.0 Å². The monoisotopic (exact) mass is 590 g/mol. The second-order valence-electron chi connectivity index (χ2n) is 11.5. The Hall–Kier alpha value is -2.83. The lowest BCUT2D eigenvalue weighted by Gasteiger charge is -2.29. The minimum absolute atomic E-state index is 0.0405. The van der Waals surface area contributed by atoms with Crippen LogP contribution in [0, 0.1) is 17.7 Å². The van der Waals surface area contributed by atoms with Crippen LogP contribution in [0.1, 0.15) is 63.2 Å². The number of anilines is 1. The van der Waals surface area contributed by atoms with Crippen molar-refractivity contribution in [2.24, 2.45) is 11.8 Å². The van der Waals surface area contributed by atoms with Gasteiger partial charge < -0.3 is 19.9 Å². The van der Waals surface area contributed by atoms with Crippen LogP contribution in [-0.4, -0.2) is 80.3 Å². The van der Waals surface area contributed by atoms with Crippen molar-refractivity contribution in [1.82, 2.24) is 24.9 Å². The molecule has 2 heterocycles. The first-order valence-corrected chi connectivity index (χ1v) is 16.4. The van der Waals surface area contributed by atoms with E-state index in [4.69, 9.17) is 4.74 Å². The van der Waals surface area contributed by atoms with E-state index in [0.717, 1.165) is 58.3 Å². The van der Waals surface area contributed by atoms with Gasteiger partial charge in [0, 0.05) is 31.7 Å². The number of halogens is 1. The largest absolute Gasteiger partial charge is 0.451 e. The van der Waals surface area contributed by atoms with Crippen LogP contribution in [0.3, 0.4) is 0 Å². The van der Waals surface area contributed by atoms with Crippen LogP contribution in [-0.2, 0) is 10.0 Å². The van der Waals surface area contributed by atoms with Gasteiger partial charge in [-0.15, -0.1) is 0 Å². The second kappa shape index (κ2) is 13.9. The van der Waals surface area contributed by atoms with Crippen molar-refractivity contribution in [3.8, 4) is 11.5 Å². The number of sulfonamides is 1. The minimum Gasteiger partial charge on any atom is -0.451 e. The highest BCUT2D eigenvalue weighted by atomic mass is 32.2. The number of amides is 1. The Morgan fingerprint density at radius 2 is 1.88 bits per heavy atom. The van der Waals surface area contributed by atoms with Gasteiger partial charge in [-0.1, -0.05) is 0 Å². The Bertz CT molecular complexity index is 1290. The molecule has 1 aliphatic carbocycles. The molecule has 0 bridgehead atoms. The average Bonchev–Trinajstić information content (AvgIpc) is 3.39. The molecule has 2 fully saturated rings. The third-order valence-electron chi connectivity index (χ3n) is 7.95. The average molecular weight is 591 g/mol. The lowest BCUT2D eigenvalue weighted by molar-refractivity contribution is 0.0713. The number of rotatable bonds is 12. The van der Waals surface area contributed by atoms with E-state index in [9.17, 15) is 17.6 Å². The molecule has 4 rings (SSSR count). The van der Waals surface area contributed by atoms with Crippen LogP contribution in [0.4, 0.5) is 10.2 Å². The summed E-state index contributed by atoms with van der Waals surface area (Å²) in [5, 5.41) is 3.63. The summed E-state index contributed by atoms with van der Waals surface area (Å²) in [5.41, 5.74) is 0.167. The van der Waals surface area contributed by atoms with Crippen LogP contribution < -0.4 is 19.7 Å². The lowest BCUT2D eigenvalue weighted by atomic mass is 9.86. The van der Waals surface area contributed by atoms with Gasteiger partial charge in [0.25, 0.3) is 5.91 Å². The maximum Gasteiger partial charge on any atom is 0.257 e. The molecule has 1 amide bonds. The fourth-order valence-corrected chi connectivity index (χ4v) is 6.71. The van der Waals surface area contributed by atoms with Gasteiger partial charge in [-0.3, -0.25) is 4.79 Å². The molecule has 226 valence electrons. The molecule has 0 unspecified atom stereocenters. The van der Waals surface area contributed by atoms with Crippen LogP contribution in [0.15, 0.2) is 30.7 Å². The molecule has 2 aliphatic rings. The topological polar surface area (TPSA) is 117 Å². The predicted molar refractivity (Wildman–Crippen MR) is 157 cm³/mol. The molecule has 1 atom stereocenters. The number of hydrogen-bond acceptors (Lipinski definition) is 8. The highest BCUT2D eigenvalue weighted by molar-refractivity contribution is 7.88. The molecule has 12 heteroatoms. The van der Waals surface area contributed by atoms with Crippen LogP contribution in [0.5, 0.6) is 11.5 Å². The van der Waals surface area contributed by atoms with E-state index in [1.165, 1.54) is 30.8 Å². The summed E-state index contributed by atoms with van der Waals surface area (Å²) < 4.78 is 46.1. The number of ether oxygens (including phenoxy) is 1. The van der Waals surface area contributed by atoms with E-state index >= 15 is 0 Å². The maximum atomic E-state index is 14.2. The molecule has 1 saturated heterocycles. The van der Waals surface area contributed by atoms with Gasteiger partial charge in [0.05, 0.1) is 18.0 Å². The molecule has 1 aromatic carbocycles. The molecular formula is C29H43FN6O4S. The SMILES string of the molecule is CCN(C(=O)c1cc(F)ccc1Oc1cncnc1N1CC[C@@H](CNC[C@H]2CC[C@@H](NS(C)(=O)=O)CC2)C1)C(C)C. The summed E-state index contributed by atoms with van der Waals surface area (Å²) in [5.74, 6) is 1.55. The lowest BCUT2D eigenvalue weighted by Crippen LogP contribution is -2.39. The molecule has 2 N–H and O–H groups in total. The third kappa shape index (κ3) is 8.59. The highest BCUT2D eigenvalue weighted by Gasteiger charge is 2.28. The minimum atomic E-state index is -3.15. The second-order valence-corrected chi connectivity index (χ2v) is 13.3. The summed E-state index contributed by atoms with van der Waals surface area (Å²) >= 11 is 0. The predicted octanol–water partition coefficient (Wildman–Crippen LogP) is 3.80. The van der Waals surface area contributed by atoms with Crippen molar-refractivity contribution in [3.05, 3.63) is 42.1 Å². The van der Waals surface area contributed by atoms with Crippen molar-refractivity contribution >= 4 is 21.7 Å². The highest BCUT2D eigenvalue weighted by Crippen LogP contribution is 2.35. The van der Waals surface area contributed by atoms with Crippen molar-refractivity contribution in [3.63, 3.8) is 0 Å². The van der Waals surface area contributed by atoms with Crippen molar-refractivity contribution in [2.75, 3.05) is 43.9 Å². The van der Waals surface area contributed by atoms with E-state index in [2.05, 4.69) is 24.9 Å². The molecule has 41 heavy (non-hydrogen) atoms. The van der Waals surface area contributed by atoms with Crippen LogP contribution >= 0.6 is 0 Å². The van der Waals surface area contributed by atoms with E-state index in [-0.39, 0.29) is 29.3 Å². The number of hydrogen-bond donors (Lipinski definition) is 2. The third-order valence-corrected chi connectivity index (χ3v) is 8.72. The molecule has 2 aromatic rings. The number of nitrogens with zero attached hydrogens (tertiary/aromatic N) is 4. The zero-order chi connectivity index (χ0) is 29.6. The summed E-state index contributed by atoms with van der Waals surface area (Å²) in [4.78, 5) is 25.7. The maximum absolute atomic E-state index is 14.2. The first-order valence-electron chi connectivity index (χ1n) is 14.5. The van der Waals surface area contributed by atoms with Crippen molar-refractivity contribution in [1.29, 1.82) is 0 Å². The Morgan fingerprint density at radius 3 is 2.56 bits per heavy atom.